The van der Waals surface area contributed by atoms with Crippen LogP contribution in [0, 0.1) is 0 Å². The summed E-state index contributed by atoms with van der Waals surface area (Å²) in [5.41, 5.74) is 3.87. The van der Waals surface area contributed by atoms with Gasteiger partial charge in [-0.15, -0.1) is 56.7 Å². The molecule has 14 rings (SSSR count). The molecule has 41 heteroatoms. The van der Waals surface area contributed by atoms with Crippen LogP contribution in [-0.2, 0) is 65.5 Å². The molecule has 1 aromatic carbocycles. The van der Waals surface area contributed by atoms with Crippen LogP contribution in [0.4, 0.5) is 0 Å². The molecule has 6 aliphatic heterocycles. The van der Waals surface area contributed by atoms with E-state index in [4.69, 9.17) is 78.1 Å². The highest BCUT2D eigenvalue weighted by Crippen LogP contribution is 2.44. The molecule has 0 saturated carbocycles. The number of allylic oxidation sites excluding steroid dienone is 1. The number of morpholine rings is 2. The first-order valence-corrected chi connectivity index (χ1v) is 40.7. The molecule has 8 aromatic rings. The van der Waals surface area contributed by atoms with Crippen LogP contribution in [0.3, 0.4) is 0 Å². The maximum Gasteiger partial charge on any atom is 0.358 e. The summed E-state index contributed by atoms with van der Waals surface area (Å²) in [5, 5.41) is 45.3. The molecular weight excluding hydrogens is 1580 g/mol. The fraction of sp³-hybridized carbons (Fsp3) is 0.452. The maximum atomic E-state index is 15.9. The van der Waals surface area contributed by atoms with Crippen LogP contribution in [0.15, 0.2) is 69.2 Å². The molecule has 12 bridgehead atoms. The first-order chi connectivity index (χ1) is 54.8. The number of hydrogen-bond donors (Lipinski definition) is 8. The van der Waals surface area contributed by atoms with E-state index in [2.05, 4.69) is 47.9 Å². The maximum absolute atomic E-state index is 15.9. The SMILES string of the molecule is C=C(NC(=O)c1csc(-c2nc3c(cc2OCCN2CCOCC2)-c2nc(cs2)C(=O)N[C@@H]([C@@H](C)O)C(=O)N/C(=C(\C)OC)c2nc(cs2)C(=O)N[C@@H]2c4nc(cs4)C(=O)N[C@@H](COC(=O)c4c5c6c(cccc6n4OCCN4CCOCC4)COC(=O)[C@@H](O[C@H]4C[C@](C)(O)C(N(C)C)[C@H](C)O4)[C@H]2OC5)c2nc-3cs2)n1)C(N)=O. The van der Waals surface area contributed by atoms with Crippen molar-refractivity contribution in [2.45, 2.75) is 108 Å². The Bertz CT molecular complexity index is 5040. The molecule has 10 atom stereocenters. The number of carbonyl (C=O) groups is 8. The van der Waals surface area contributed by atoms with E-state index in [0.29, 0.717) is 82.2 Å². The van der Waals surface area contributed by atoms with Crippen molar-refractivity contribution in [2.24, 2.45) is 5.73 Å². The minimum Gasteiger partial charge on any atom is -0.499 e. The molecule has 6 amide bonds. The Balaban J connectivity index is 0.958. The summed E-state index contributed by atoms with van der Waals surface area (Å²) in [6.45, 7) is 13.5. The number of nitrogens with two attached hydrogens (primary N) is 1. The Morgan fingerprint density at radius 1 is 0.798 bits per heavy atom. The molecule has 0 spiro atoms. The van der Waals surface area contributed by atoms with Gasteiger partial charge in [0.25, 0.3) is 29.5 Å². The number of thiazole rings is 5. The standard InChI is InChI=1S/C73H82N16O20S5/c1-34(60(74)91)75-61(92)43-31-113-69(80-43)54-48(103-22-16-87-12-18-101-19-13-87)24-39-53(82-54)42-29-111-67(77-42)41-28-106-71(97)56-40-27-104-57(58(109-49-25-73(5,99)59(86(6)7)37(4)108-49)72(98)105-26-38-10-9-11-47(50(38)40)89(56)107-23-17-88-14-20-102-21-15-88)55(70-81-44(32-114-70)62(93)76-41)85-64(95)46-33-112-68(79-46)52(36(3)100-8)84-65(96)51(35(2)90)83-63(94)45-30-110-66(39)78-45/h9-11,24,29-33,35,37,41,49,51,55,57-59,90,99H,1,12-23,25-28H2,2-8H3,(H2,74,91)(H,75,92)(H,76,93)(H,83,94)(H,84,96)(H,85,95)/b52-36+/t35-,37+,41+,49+,51+,55+,57+,58+,59?,73+/m1/s1. The van der Waals surface area contributed by atoms with E-state index in [1.807, 2.05) is 4.90 Å². The number of nitrogens with zero attached hydrogens (tertiary/aromatic N) is 10. The number of pyridine rings is 1. The molecule has 36 nitrogen and oxygen atoms in total. The zero-order valence-corrected chi connectivity index (χ0v) is 66.8. The van der Waals surface area contributed by atoms with E-state index in [-0.39, 0.29) is 124 Å². The Labute approximate surface area is 671 Å². The van der Waals surface area contributed by atoms with Crippen molar-refractivity contribution in [3.8, 4) is 38.4 Å². The first kappa shape index (κ1) is 80.9. The number of ether oxygens (including phenoxy) is 9. The van der Waals surface area contributed by atoms with Gasteiger partial charge < -0.3 is 94.9 Å². The highest BCUT2D eigenvalue weighted by atomic mass is 32.1. The molecule has 7 aromatic heterocycles. The zero-order valence-electron chi connectivity index (χ0n) is 62.7. The summed E-state index contributed by atoms with van der Waals surface area (Å²) in [6, 6.07) is 1.53. The van der Waals surface area contributed by atoms with Gasteiger partial charge in [0.05, 0.1) is 75.2 Å². The second kappa shape index (κ2) is 34.8. The molecule has 6 aliphatic rings. The van der Waals surface area contributed by atoms with Gasteiger partial charge in [0, 0.05) is 89.1 Å². The van der Waals surface area contributed by atoms with Gasteiger partial charge in [-0.3, -0.25) is 38.6 Å². The summed E-state index contributed by atoms with van der Waals surface area (Å²) in [4.78, 5) is 160. The van der Waals surface area contributed by atoms with Gasteiger partial charge in [0.15, 0.2) is 18.1 Å². The number of carbonyl (C=O) groups excluding carboxylic acids is 8. The van der Waals surface area contributed by atoms with Gasteiger partial charge >= 0.3 is 11.9 Å². The highest BCUT2D eigenvalue weighted by Gasteiger charge is 2.50. The molecule has 1 unspecified atom stereocenters. The van der Waals surface area contributed by atoms with Crippen molar-refractivity contribution < 1.29 is 96.0 Å². The zero-order chi connectivity index (χ0) is 80.4. The number of rotatable bonds is 17. The van der Waals surface area contributed by atoms with Crippen LogP contribution in [-0.4, -0.2) is 262 Å². The van der Waals surface area contributed by atoms with Gasteiger partial charge in [0.2, 0.25) is 5.91 Å². The summed E-state index contributed by atoms with van der Waals surface area (Å²) >= 11 is 4.84. The summed E-state index contributed by atoms with van der Waals surface area (Å²) < 4.78 is 58.1. The molecule has 0 aliphatic carbocycles. The van der Waals surface area contributed by atoms with Gasteiger partial charge in [-0.2, -0.15) is 4.73 Å². The number of aromatic nitrogens is 7. The van der Waals surface area contributed by atoms with Crippen molar-refractivity contribution in [1.82, 2.24) is 75.9 Å². The molecule has 604 valence electrons. The van der Waals surface area contributed by atoms with Crippen LogP contribution in [0.5, 0.6) is 5.75 Å². The van der Waals surface area contributed by atoms with Crippen molar-refractivity contribution in [2.75, 3.05) is 107 Å². The third-order valence-electron chi connectivity index (χ3n) is 19.8. The van der Waals surface area contributed by atoms with Gasteiger partial charge in [-0.1, -0.05) is 18.7 Å². The van der Waals surface area contributed by atoms with Crippen LogP contribution in [0.1, 0.15) is 125 Å². The summed E-state index contributed by atoms with van der Waals surface area (Å²) in [5.74, 6) is -7.20. The number of benzene rings is 1. The van der Waals surface area contributed by atoms with Crippen LogP contribution in [0.2, 0.25) is 0 Å². The number of amides is 6. The van der Waals surface area contributed by atoms with Crippen molar-refractivity contribution in [3.63, 3.8) is 0 Å². The fourth-order valence-corrected chi connectivity index (χ4v) is 18.3. The average molecular weight is 1660 g/mol. The number of methoxy groups -OCH3 is 1. The number of primary amides is 1. The van der Waals surface area contributed by atoms with Crippen LogP contribution in [0.25, 0.3) is 49.3 Å². The van der Waals surface area contributed by atoms with E-state index in [0.717, 1.165) is 56.7 Å². The Morgan fingerprint density at radius 2 is 1.45 bits per heavy atom. The molecule has 3 fully saturated rings. The number of nitrogens with one attached hydrogen (secondary N) is 5. The Hall–Kier alpha value is -9.70. The Morgan fingerprint density at radius 3 is 2.15 bits per heavy atom. The lowest BCUT2D eigenvalue weighted by Gasteiger charge is -2.48. The number of esters is 2. The van der Waals surface area contributed by atoms with E-state index in [1.54, 1.807) is 57.6 Å². The van der Waals surface area contributed by atoms with Crippen LogP contribution < -0.4 is 41.9 Å². The third-order valence-corrected chi connectivity index (χ3v) is 24.3. The normalized spacial score (nSPS) is 24.2. The Kier molecular flexibility index (Phi) is 24.7. The molecule has 9 N–H and O–H groups in total. The molecule has 114 heavy (non-hydrogen) atoms. The molecule has 13 heterocycles. The number of aliphatic hydroxyl groups is 2. The lowest BCUT2D eigenvalue weighted by Crippen LogP contribution is -2.62. The largest absolute Gasteiger partial charge is 0.499 e. The predicted octanol–water partition coefficient (Wildman–Crippen LogP) is 3.42. The molecular formula is C73H82N16O20S5. The van der Waals surface area contributed by atoms with E-state index in [1.165, 1.54) is 47.2 Å². The van der Waals surface area contributed by atoms with E-state index < -0.39 is 128 Å². The number of likely N-dealkylation sites (N-methyl/N-ethyl adjacent to an activating group) is 1. The van der Waals surface area contributed by atoms with Crippen molar-refractivity contribution in [3.05, 3.63) is 124 Å². The smallest absolute Gasteiger partial charge is 0.358 e. The second-order valence-corrected chi connectivity index (χ2v) is 32.2. The van der Waals surface area contributed by atoms with Gasteiger partial charge in [-0.25, -0.2) is 39.5 Å². The number of hydrogen-bond acceptors (Lipinski definition) is 34. The molecule has 3 saturated heterocycles. The summed E-state index contributed by atoms with van der Waals surface area (Å²) in [6.07, 6.45) is -7.49. The number of cyclic esters (lactones) is 2. The topological polar surface area (TPSA) is 447 Å². The third kappa shape index (κ3) is 17.4. The monoisotopic (exact) mass is 1660 g/mol. The van der Waals surface area contributed by atoms with Crippen LogP contribution >= 0.6 is 56.7 Å². The van der Waals surface area contributed by atoms with Gasteiger partial charge in [0.1, 0.15) is 133 Å². The van der Waals surface area contributed by atoms with Crippen molar-refractivity contribution in [1.29, 1.82) is 0 Å². The minimum atomic E-state index is -1.90. The van der Waals surface area contributed by atoms with Crippen molar-refractivity contribution >= 4 is 121 Å². The predicted molar refractivity (Wildman–Crippen MR) is 413 cm³/mol. The lowest BCUT2D eigenvalue weighted by molar-refractivity contribution is -0.280. The number of fused-ring (bicyclic) bond motifs is 15. The first-order valence-electron chi connectivity index (χ1n) is 36.3. The number of aliphatic hydroxyl groups excluding tert-OH is 1. The quantitative estimate of drug-likeness (QED) is 0.0368. The highest BCUT2D eigenvalue weighted by molar-refractivity contribution is 7.14. The minimum absolute atomic E-state index is 0.00287. The van der Waals surface area contributed by atoms with E-state index in [9.17, 15) is 29.4 Å². The average Bonchev–Trinajstić information content (AvgIpc) is 1.58. The van der Waals surface area contributed by atoms with Gasteiger partial charge in [-0.05, 0) is 59.5 Å². The van der Waals surface area contributed by atoms with E-state index >= 15 is 19.2 Å². The lowest BCUT2D eigenvalue weighted by atomic mass is 9.85. The summed E-state index contributed by atoms with van der Waals surface area (Å²) in [7, 11) is 4.91. The second-order valence-electron chi connectivity index (χ2n) is 27.9. The molecule has 0 radical (unpaired) electrons. The fourth-order valence-electron chi connectivity index (χ4n) is 14.1.